The van der Waals surface area contributed by atoms with Gasteiger partial charge in [-0.1, -0.05) is 0 Å². The average molecular weight is 377 g/mol. The van der Waals surface area contributed by atoms with Gasteiger partial charge in [0.1, 0.15) is 35.9 Å². The molecule has 0 aliphatic rings. The molecule has 27 heavy (non-hydrogen) atoms. The second-order valence-corrected chi connectivity index (χ2v) is 6.81. The Kier molecular flexibility index (Phi) is 6.50. The van der Waals surface area contributed by atoms with Crippen LogP contribution in [0.5, 0.6) is 5.75 Å². The summed E-state index contributed by atoms with van der Waals surface area (Å²) in [5.41, 5.74) is -0.0129. The van der Waals surface area contributed by atoms with Gasteiger partial charge < -0.3 is 14.8 Å². The van der Waals surface area contributed by atoms with Crippen LogP contribution in [0.4, 0.5) is 13.6 Å². The molecular weight excluding hydrogens is 356 g/mol. The van der Waals surface area contributed by atoms with Gasteiger partial charge in [-0.15, -0.1) is 0 Å². The highest BCUT2D eigenvalue weighted by atomic mass is 19.1. The Hall–Kier alpha value is -2.96. The lowest BCUT2D eigenvalue weighted by Crippen LogP contribution is -2.34. The van der Waals surface area contributed by atoms with Gasteiger partial charge in [-0.3, -0.25) is 4.79 Å². The number of carbonyl (C=O) groups excluding carboxylic acids is 2. The van der Waals surface area contributed by atoms with E-state index in [9.17, 15) is 18.4 Å². The van der Waals surface area contributed by atoms with E-state index in [-0.39, 0.29) is 24.3 Å². The third-order valence-electron chi connectivity index (χ3n) is 3.34. The fraction of sp³-hybridized carbons (Fsp3) is 0.300. The van der Waals surface area contributed by atoms with Gasteiger partial charge in [-0.25, -0.2) is 13.6 Å². The summed E-state index contributed by atoms with van der Waals surface area (Å²) < 4.78 is 38.0. The SMILES string of the molecule is CC(C)(C)OC(=O)NCCOc1cc(C=O)cc(-c2cc(F)ccc2F)c1. The van der Waals surface area contributed by atoms with Crippen LogP contribution in [0.25, 0.3) is 11.1 Å². The topological polar surface area (TPSA) is 64.6 Å². The van der Waals surface area contributed by atoms with Gasteiger partial charge in [-0.2, -0.15) is 0 Å². The number of hydrogen-bond donors (Lipinski definition) is 1. The van der Waals surface area contributed by atoms with Gasteiger partial charge in [0.05, 0.1) is 6.54 Å². The molecule has 0 aromatic heterocycles. The largest absolute Gasteiger partial charge is 0.492 e. The first kappa shape index (κ1) is 20.4. The zero-order valence-corrected chi connectivity index (χ0v) is 15.3. The van der Waals surface area contributed by atoms with Crippen molar-refractivity contribution in [1.29, 1.82) is 0 Å². The van der Waals surface area contributed by atoms with Crippen molar-refractivity contribution in [3.05, 3.63) is 53.6 Å². The third-order valence-corrected chi connectivity index (χ3v) is 3.34. The number of ether oxygens (including phenoxy) is 2. The van der Waals surface area contributed by atoms with Crippen LogP contribution in [0, 0.1) is 11.6 Å². The van der Waals surface area contributed by atoms with Gasteiger partial charge in [0, 0.05) is 11.1 Å². The molecule has 2 aromatic rings. The fourth-order valence-corrected chi connectivity index (χ4v) is 2.28. The van der Waals surface area contributed by atoms with Gasteiger partial charge >= 0.3 is 6.09 Å². The standard InChI is InChI=1S/C20H21F2NO4/c1-20(2,3)27-19(25)23-6-7-26-16-9-13(12-24)8-14(10-16)17-11-15(21)4-5-18(17)22/h4-5,8-12H,6-7H2,1-3H3,(H,23,25). The number of rotatable bonds is 6. The first-order valence-electron chi connectivity index (χ1n) is 8.33. The van der Waals surface area contributed by atoms with Crippen molar-refractivity contribution in [3.63, 3.8) is 0 Å². The predicted octanol–water partition coefficient (Wildman–Crippen LogP) is 4.35. The van der Waals surface area contributed by atoms with E-state index >= 15 is 0 Å². The van der Waals surface area contributed by atoms with Crippen molar-refractivity contribution in [3.8, 4) is 16.9 Å². The van der Waals surface area contributed by atoms with Gasteiger partial charge in [0.25, 0.3) is 0 Å². The summed E-state index contributed by atoms with van der Waals surface area (Å²) in [6.45, 7) is 5.53. The molecule has 2 aromatic carbocycles. The summed E-state index contributed by atoms with van der Waals surface area (Å²) in [4.78, 5) is 22.7. The minimum atomic E-state index is -0.614. The van der Waals surface area contributed by atoms with Crippen LogP contribution in [-0.4, -0.2) is 31.1 Å². The fourth-order valence-electron chi connectivity index (χ4n) is 2.28. The summed E-state index contributed by atoms with van der Waals surface area (Å²) in [5.74, 6) is -0.909. The lowest BCUT2D eigenvalue weighted by atomic mass is 10.0. The van der Waals surface area contributed by atoms with E-state index < -0.39 is 23.3 Å². The maximum Gasteiger partial charge on any atom is 0.407 e. The molecular formula is C20H21F2NO4. The van der Waals surface area contributed by atoms with Crippen LogP contribution in [0.3, 0.4) is 0 Å². The molecule has 0 fully saturated rings. The predicted molar refractivity (Wildman–Crippen MR) is 96.9 cm³/mol. The minimum absolute atomic E-state index is 0.0235. The molecule has 0 atom stereocenters. The molecule has 0 radical (unpaired) electrons. The highest BCUT2D eigenvalue weighted by Crippen LogP contribution is 2.28. The van der Waals surface area contributed by atoms with E-state index in [1.807, 2.05) is 0 Å². The molecule has 0 aliphatic heterocycles. The quantitative estimate of drug-likeness (QED) is 0.601. The third kappa shape index (κ3) is 6.36. The van der Waals surface area contributed by atoms with E-state index in [0.29, 0.717) is 17.6 Å². The summed E-state index contributed by atoms with van der Waals surface area (Å²) in [5, 5.41) is 2.54. The lowest BCUT2D eigenvalue weighted by Gasteiger charge is -2.19. The molecule has 1 amide bonds. The minimum Gasteiger partial charge on any atom is -0.492 e. The van der Waals surface area contributed by atoms with Gasteiger partial charge in [0.15, 0.2) is 0 Å². The van der Waals surface area contributed by atoms with Crippen molar-refractivity contribution in [1.82, 2.24) is 5.32 Å². The van der Waals surface area contributed by atoms with E-state index in [1.54, 1.807) is 20.8 Å². The Morgan fingerprint density at radius 3 is 2.56 bits per heavy atom. The highest BCUT2D eigenvalue weighted by Gasteiger charge is 2.15. The zero-order chi connectivity index (χ0) is 20.0. The number of nitrogens with one attached hydrogen (secondary N) is 1. The number of alkyl carbamates (subject to hydrolysis) is 1. The van der Waals surface area contributed by atoms with Crippen LogP contribution in [0.15, 0.2) is 36.4 Å². The molecule has 2 rings (SSSR count). The van der Waals surface area contributed by atoms with Crippen LogP contribution >= 0.6 is 0 Å². The normalized spacial score (nSPS) is 11.0. The van der Waals surface area contributed by atoms with Crippen molar-refractivity contribution >= 4 is 12.4 Å². The summed E-state index contributed by atoms with van der Waals surface area (Å²) in [6.07, 6.45) is 0.0160. The number of benzene rings is 2. The van der Waals surface area contributed by atoms with Crippen molar-refractivity contribution in [2.24, 2.45) is 0 Å². The number of carbonyl (C=O) groups is 2. The zero-order valence-electron chi connectivity index (χ0n) is 15.3. The maximum atomic E-state index is 14.0. The van der Waals surface area contributed by atoms with E-state index in [2.05, 4.69) is 5.32 Å². The molecule has 0 aliphatic carbocycles. The smallest absolute Gasteiger partial charge is 0.407 e. The van der Waals surface area contributed by atoms with Crippen LogP contribution in [0.1, 0.15) is 31.1 Å². The van der Waals surface area contributed by atoms with E-state index in [0.717, 1.165) is 18.2 Å². The molecule has 7 heteroatoms. The van der Waals surface area contributed by atoms with Gasteiger partial charge in [0.2, 0.25) is 0 Å². The monoisotopic (exact) mass is 377 g/mol. The molecule has 0 unspecified atom stereocenters. The van der Waals surface area contributed by atoms with E-state index in [1.165, 1.54) is 18.2 Å². The lowest BCUT2D eigenvalue weighted by molar-refractivity contribution is 0.0520. The van der Waals surface area contributed by atoms with Crippen LogP contribution in [-0.2, 0) is 4.74 Å². The number of aldehydes is 1. The van der Waals surface area contributed by atoms with Gasteiger partial charge in [-0.05, 0) is 62.7 Å². The molecule has 0 saturated carbocycles. The van der Waals surface area contributed by atoms with E-state index in [4.69, 9.17) is 9.47 Å². The first-order chi connectivity index (χ1) is 12.7. The van der Waals surface area contributed by atoms with Crippen molar-refractivity contribution in [2.75, 3.05) is 13.2 Å². The Labute approximate surface area is 156 Å². The molecule has 5 nitrogen and oxygen atoms in total. The van der Waals surface area contributed by atoms with Crippen LogP contribution in [0.2, 0.25) is 0 Å². The molecule has 0 saturated heterocycles. The Balaban J connectivity index is 2.06. The maximum absolute atomic E-state index is 14.0. The molecule has 0 spiro atoms. The summed E-state index contributed by atoms with van der Waals surface area (Å²) in [7, 11) is 0. The van der Waals surface area contributed by atoms with Crippen molar-refractivity contribution < 1.29 is 27.8 Å². The molecule has 1 N–H and O–H groups in total. The van der Waals surface area contributed by atoms with Crippen LogP contribution < -0.4 is 10.1 Å². The number of amides is 1. The molecule has 0 bridgehead atoms. The Bertz CT molecular complexity index is 831. The number of hydrogen-bond acceptors (Lipinski definition) is 4. The Morgan fingerprint density at radius 2 is 1.89 bits per heavy atom. The average Bonchev–Trinajstić information content (AvgIpc) is 2.59. The molecule has 144 valence electrons. The highest BCUT2D eigenvalue weighted by molar-refractivity contribution is 5.80. The summed E-state index contributed by atoms with van der Waals surface area (Å²) in [6, 6.07) is 7.49. The van der Waals surface area contributed by atoms with Crippen molar-refractivity contribution in [2.45, 2.75) is 26.4 Å². The first-order valence-corrected chi connectivity index (χ1v) is 8.33. The second kappa shape index (κ2) is 8.62. The molecule has 0 heterocycles. The Morgan fingerprint density at radius 1 is 1.15 bits per heavy atom. The second-order valence-electron chi connectivity index (χ2n) is 6.81. The summed E-state index contributed by atoms with van der Waals surface area (Å²) >= 11 is 0. The number of halogens is 2.